The summed E-state index contributed by atoms with van der Waals surface area (Å²) in [6.07, 6.45) is 0. The van der Waals surface area contributed by atoms with E-state index in [9.17, 15) is 9.90 Å². The molecule has 0 aliphatic rings. The topological polar surface area (TPSA) is 87.1 Å². The van der Waals surface area contributed by atoms with E-state index in [1.165, 1.54) is 7.05 Å². The molecule has 116 valence electrons. The van der Waals surface area contributed by atoms with Crippen LogP contribution in [0.3, 0.4) is 0 Å². The molecule has 0 fully saturated rings. The summed E-state index contributed by atoms with van der Waals surface area (Å²) in [4.78, 5) is 11.4. The summed E-state index contributed by atoms with van der Waals surface area (Å²) in [5.41, 5.74) is -0.315. The lowest BCUT2D eigenvalue weighted by Crippen LogP contribution is -2.31. The number of aromatic nitrogens is 2. The van der Waals surface area contributed by atoms with Gasteiger partial charge in [0.25, 0.3) is 5.91 Å². The number of rotatable bonds is 5. The van der Waals surface area contributed by atoms with Crippen molar-refractivity contribution in [1.82, 2.24) is 15.5 Å². The highest BCUT2D eigenvalue weighted by Crippen LogP contribution is 2.27. The molecule has 3 N–H and O–H groups in total. The van der Waals surface area contributed by atoms with Crippen molar-refractivity contribution in [2.45, 2.75) is 12.5 Å². The molecule has 6 nitrogen and oxygen atoms in total. The van der Waals surface area contributed by atoms with E-state index < -0.39 is 5.60 Å². The molecule has 1 heterocycles. The number of hydrogen-bond acceptors (Lipinski definition) is 5. The molecule has 1 aromatic heterocycles. The van der Waals surface area contributed by atoms with Crippen molar-refractivity contribution in [1.29, 1.82) is 0 Å². The summed E-state index contributed by atoms with van der Waals surface area (Å²) in [5.74, 6) is 0.155. The summed E-state index contributed by atoms with van der Waals surface area (Å²) in [6, 6.07) is 10.3. The Morgan fingerprint density at radius 3 is 2.59 bits per heavy atom. The number of carbonyl (C=O) groups is 1. The molecule has 22 heavy (non-hydrogen) atoms. The summed E-state index contributed by atoms with van der Waals surface area (Å²) < 4.78 is 0. The van der Waals surface area contributed by atoms with Crippen molar-refractivity contribution in [3.05, 3.63) is 52.7 Å². The molecule has 0 radical (unpaired) electrons. The molecule has 2 rings (SSSR count). The second-order valence-corrected chi connectivity index (χ2v) is 5.40. The minimum Gasteiger partial charge on any atom is -0.384 e. The van der Waals surface area contributed by atoms with Gasteiger partial charge in [0.15, 0.2) is 5.69 Å². The van der Waals surface area contributed by atoms with Crippen LogP contribution in [0.4, 0.5) is 5.82 Å². The van der Waals surface area contributed by atoms with E-state index in [2.05, 4.69) is 20.8 Å². The van der Waals surface area contributed by atoms with E-state index in [0.717, 1.165) is 0 Å². The van der Waals surface area contributed by atoms with Gasteiger partial charge in [-0.05, 0) is 25.1 Å². The van der Waals surface area contributed by atoms with E-state index in [1.807, 2.05) is 6.07 Å². The largest absolute Gasteiger partial charge is 0.384 e. The van der Waals surface area contributed by atoms with Gasteiger partial charge < -0.3 is 15.7 Å². The Balaban J connectivity index is 2.06. The van der Waals surface area contributed by atoms with Gasteiger partial charge in [-0.15, -0.1) is 10.2 Å². The minimum atomic E-state index is -1.17. The van der Waals surface area contributed by atoms with Crippen molar-refractivity contribution in [2.75, 3.05) is 18.9 Å². The Bertz CT molecular complexity index is 659. The minimum absolute atomic E-state index is 0.199. The number of nitrogens with zero attached hydrogens (tertiary/aromatic N) is 2. The number of aliphatic hydroxyl groups is 1. The Labute approximate surface area is 133 Å². The number of halogens is 1. The van der Waals surface area contributed by atoms with E-state index >= 15 is 0 Å². The third kappa shape index (κ3) is 3.72. The number of hydrogen-bond donors (Lipinski definition) is 3. The van der Waals surface area contributed by atoms with Gasteiger partial charge in [-0.25, -0.2) is 0 Å². The third-order valence-corrected chi connectivity index (χ3v) is 3.52. The SMILES string of the molecule is CNC(=O)c1ccc(NCC(C)(O)c2ccccc2Cl)nn1. The Morgan fingerprint density at radius 1 is 1.27 bits per heavy atom. The van der Waals surface area contributed by atoms with Crippen molar-refractivity contribution < 1.29 is 9.90 Å². The molecule has 1 amide bonds. The van der Waals surface area contributed by atoms with Gasteiger partial charge in [-0.1, -0.05) is 29.8 Å². The van der Waals surface area contributed by atoms with Crippen LogP contribution in [0.2, 0.25) is 5.02 Å². The zero-order chi connectivity index (χ0) is 16.2. The first-order valence-corrected chi connectivity index (χ1v) is 7.09. The summed E-state index contributed by atoms with van der Waals surface area (Å²) in [6.45, 7) is 1.86. The Morgan fingerprint density at radius 2 is 2.00 bits per heavy atom. The number of anilines is 1. The number of nitrogens with one attached hydrogen (secondary N) is 2. The maximum atomic E-state index is 11.4. The van der Waals surface area contributed by atoms with Crippen LogP contribution in [0.1, 0.15) is 23.0 Å². The van der Waals surface area contributed by atoms with Crippen molar-refractivity contribution >= 4 is 23.3 Å². The lowest BCUT2D eigenvalue weighted by Gasteiger charge is -2.25. The molecule has 0 bridgehead atoms. The number of carbonyl (C=O) groups excluding carboxylic acids is 1. The zero-order valence-electron chi connectivity index (χ0n) is 12.3. The second-order valence-electron chi connectivity index (χ2n) is 4.99. The predicted molar refractivity (Wildman–Crippen MR) is 84.9 cm³/mol. The van der Waals surface area contributed by atoms with Gasteiger partial charge in [0.1, 0.15) is 11.4 Å². The van der Waals surface area contributed by atoms with E-state index in [0.29, 0.717) is 16.4 Å². The van der Waals surface area contributed by atoms with Gasteiger partial charge in [-0.3, -0.25) is 4.79 Å². The monoisotopic (exact) mass is 320 g/mol. The molecule has 0 spiro atoms. The van der Waals surface area contributed by atoms with Crippen LogP contribution < -0.4 is 10.6 Å². The molecule has 0 aliphatic carbocycles. The number of amides is 1. The first kappa shape index (κ1) is 16.2. The van der Waals surface area contributed by atoms with Crippen molar-refractivity contribution in [3.8, 4) is 0 Å². The highest BCUT2D eigenvalue weighted by atomic mass is 35.5. The lowest BCUT2D eigenvalue weighted by molar-refractivity contribution is 0.0715. The van der Waals surface area contributed by atoms with Crippen LogP contribution in [-0.2, 0) is 5.60 Å². The molecule has 2 aromatic rings. The van der Waals surface area contributed by atoms with Crippen LogP contribution in [0, 0.1) is 0 Å². The summed E-state index contributed by atoms with van der Waals surface area (Å²) in [7, 11) is 1.52. The van der Waals surface area contributed by atoms with Gasteiger partial charge in [0, 0.05) is 24.2 Å². The average Bonchev–Trinajstić information content (AvgIpc) is 2.53. The molecular weight excluding hydrogens is 304 g/mol. The second kappa shape index (κ2) is 6.72. The molecule has 0 saturated heterocycles. The average molecular weight is 321 g/mol. The van der Waals surface area contributed by atoms with Gasteiger partial charge in [0.2, 0.25) is 0 Å². The molecule has 1 atom stereocenters. The zero-order valence-corrected chi connectivity index (χ0v) is 13.1. The number of benzene rings is 1. The standard InChI is InChI=1S/C15H17ClN4O2/c1-15(22,10-5-3-4-6-11(10)16)9-18-13-8-7-12(19-20-13)14(21)17-2/h3-8,22H,9H2,1-2H3,(H,17,21)(H,18,20). The van der Waals surface area contributed by atoms with Crippen LogP contribution in [0.25, 0.3) is 0 Å². The molecule has 0 saturated carbocycles. The lowest BCUT2D eigenvalue weighted by atomic mass is 9.96. The summed E-state index contributed by atoms with van der Waals surface area (Å²) >= 11 is 6.10. The van der Waals surface area contributed by atoms with Gasteiger partial charge >= 0.3 is 0 Å². The molecule has 1 unspecified atom stereocenters. The first-order valence-electron chi connectivity index (χ1n) is 6.71. The molecular formula is C15H17ClN4O2. The van der Waals surface area contributed by atoms with E-state index in [4.69, 9.17) is 11.6 Å². The Kier molecular flexibility index (Phi) is 4.95. The van der Waals surface area contributed by atoms with Crippen LogP contribution >= 0.6 is 11.6 Å². The highest BCUT2D eigenvalue weighted by molar-refractivity contribution is 6.31. The van der Waals surface area contributed by atoms with E-state index in [1.54, 1.807) is 37.3 Å². The highest BCUT2D eigenvalue weighted by Gasteiger charge is 2.25. The molecule has 1 aromatic carbocycles. The normalized spacial score (nSPS) is 13.3. The molecule has 0 aliphatic heterocycles. The van der Waals surface area contributed by atoms with Crippen molar-refractivity contribution in [3.63, 3.8) is 0 Å². The van der Waals surface area contributed by atoms with Crippen LogP contribution in [-0.4, -0.2) is 34.8 Å². The fourth-order valence-corrected chi connectivity index (χ4v) is 2.27. The van der Waals surface area contributed by atoms with Crippen LogP contribution in [0.15, 0.2) is 36.4 Å². The Hall–Kier alpha value is -2.18. The maximum absolute atomic E-state index is 11.4. The summed E-state index contributed by atoms with van der Waals surface area (Å²) in [5, 5.41) is 24.2. The van der Waals surface area contributed by atoms with Gasteiger partial charge in [-0.2, -0.15) is 0 Å². The third-order valence-electron chi connectivity index (χ3n) is 3.19. The van der Waals surface area contributed by atoms with Gasteiger partial charge in [0.05, 0.1) is 0 Å². The quantitative estimate of drug-likeness (QED) is 0.782. The van der Waals surface area contributed by atoms with E-state index in [-0.39, 0.29) is 18.1 Å². The maximum Gasteiger partial charge on any atom is 0.271 e. The first-order chi connectivity index (χ1) is 10.4. The fourth-order valence-electron chi connectivity index (χ4n) is 1.93. The molecule has 7 heteroatoms. The van der Waals surface area contributed by atoms with Crippen LogP contribution in [0.5, 0.6) is 0 Å². The predicted octanol–water partition coefficient (Wildman–Crippen LogP) is 1.81. The van der Waals surface area contributed by atoms with Crippen molar-refractivity contribution in [2.24, 2.45) is 0 Å². The smallest absolute Gasteiger partial charge is 0.271 e. The fraction of sp³-hybridized carbons (Fsp3) is 0.267.